The quantitative estimate of drug-likeness (QED) is 0.843. The molecule has 1 amide bonds. The van der Waals surface area contributed by atoms with Gasteiger partial charge in [0.25, 0.3) is 0 Å². The number of hydrogen-bond acceptors (Lipinski definition) is 3. The van der Waals surface area contributed by atoms with Crippen molar-refractivity contribution in [3.05, 3.63) is 29.3 Å². The molecule has 1 atom stereocenters. The zero-order chi connectivity index (χ0) is 13.8. The van der Waals surface area contributed by atoms with E-state index in [9.17, 15) is 9.59 Å². The van der Waals surface area contributed by atoms with Gasteiger partial charge in [-0.3, -0.25) is 9.59 Å². The van der Waals surface area contributed by atoms with E-state index in [2.05, 4.69) is 10.2 Å². The van der Waals surface area contributed by atoms with Crippen molar-refractivity contribution in [2.24, 2.45) is 5.92 Å². The maximum Gasteiger partial charge on any atom is 0.224 e. The second-order valence-corrected chi connectivity index (χ2v) is 5.08. The Morgan fingerprint density at radius 3 is 2.95 bits per heavy atom. The summed E-state index contributed by atoms with van der Waals surface area (Å²) in [6.07, 6.45) is 2.79. The van der Waals surface area contributed by atoms with Gasteiger partial charge in [0.2, 0.25) is 5.91 Å². The molecule has 1 N–H and O–H groups in total. The molecule has 1 saturated heterocycles. The molecule has 0 spiro atoms. The van der Waals surface area contributed by atoms with Gasteiger partial charge < -0.3 is 10.2 Å². The van der Waals surface area contributed by atoms with Gasteiger partial charge in [-0.25, -0.2) is 0 Å². The van der Waals surface area contributed by atoms with Gasteiger partial charge >= 0.3 is 0 Å². The van der Waals surface area contributed by atoms with E-state index in [4.69, 9.17) is 0 Å². The van der Waals surface area contributed by atoms with Crippen LogP contribution < -0.4 is 10.2 Å². The van der Waals surface area contributed by atoms with E-state index in [0.717, 1.165) is 36.9 Å². The first-order chi connectivity index (χ1) is 9.15. The number of carbonyl (C=O) groups excluding carboxylic acids is 2. The lowest BCUT2D eigenvalue weighted by Gasteiger charge is -2.34. The number of anilines is 1. The molecular formula is C15H20N2O2. The first kappa shape index (κ1) is 13.6. The Kier molecular flexibility index (Phi) is 4.20. The van der Waals surface area contributed by atoms with Crippen LogP contribution in [0.15, 0.2) is 18.2 Å². The van der Waals surface area contributed by atoms with Crippen LogP contribution in [0.1, 0.15) is 28.8 Å². The fourth-order valence-electron chi connectivity index (χ4n) is 2.67. The minimum atomic E-state index is 0.0135. The summed E-state index contributed by atoms with van der Waals surface area (Å²) in [5.41, 5.74) is 2.72. The molecule has 1 aliphatic rings. The number of carbonyl (C=O) groups is 2. The van der Waals surface area contributed by atoms with Gasteiger partial charge in [0.05, 0.1) is 5.92 Å². The van der Waals surface area contributed by atoms with E-state index in [1.807, 2.05) is 25.1 Å². The highest BCUT2D eigenvalue weighted by molar-refractivity contribution is 5.85. The zero-order valence-electron chi connectivity index (χ0n) is 11.5. The molecule has 102 valence electrons. The number of aldehydes is 1. The number of amides is 1. The Hall–Kier alpha value is -1.84. The Morgan fingerprint density at radius 2 is 2.26 bits per heavy atom. The average molecular weight is 260 g/mol. The number of benzene rings is 1. The van der Waals surface area contributed by atoms with E-state index >= 15 is 0 Å². The lowest BCUT2D eigenvalue weighted by molar-refractivity contribution is -0.124. The van der Waals surface area contributed by atoms with E-state index < -0.39 is 0 Å². The number of hydrogen-bond donors (Lipinski definition) is 1. The van der Waals surface area contributed by atoms with Gasteiger partial charge in [-0.05, 0) is 31.9 Å². The van der Waals surface area contributed by atoms with E-state index in [0.29, 0.717) is 12.1 Å². The van der Waals surface area contributed by atoms with E-state index in [-0.39, 0.29) is 11.8 Å². The lowest BCUT2D eigenvalue weighted by Crippen LogP contribution is -2.42. The SMILES string of the molecule is CNC(=O)C1CCCN(c2ccc(C)cc2C=O)C1. The highest BCUT2D eigenvalue weighted by atomic mass is 16.1. The molecule has 4 nitrogen and oxygen atoms in total. The van der Waals surface area contributed by atoms with Crippen molar-refractivity contribution in [3.8, 4) is 0 Å². The summed E-state index contributed by atoms with van der Waals surface area (Å²) >= 11 is 0. The van der Waals surface area contributed by atoms with Gasteiger partial charge in [0, 0.05) is 31.4 Å². The molecule has 1 heterocycles. The van der Waals surface area contributed by atoms with Crippen LogP contribution in [-0.2, 0) is 4.79 Å². The molecule has 1 aromatic rings. The molecular weight excluding hydrogens is 240 g/mol. The third kappa shape index (κ3) is 2.95. The standard InChI is InChI=1S/C15H20N2O2/c1-11-5-6-14(13(8-11)10-18)17-7-3-4-12(9-17)15(19)16-2/h5-6,8,10,12H,3-4,7,9H2,1-2H3,(H,16,19). The van der Waals surface area contributed by atoms with Crippen LogP contribution in [0.25, 0.3) is 0 Å². The van der Waals surface area contributed by atoms with Crippen LogP contribution in [0.5, 0.6) is 0 Å². The fourth-order valence-corrected chi connectivity index (χ4v) is 2.67. The normalized spacial score (nSPS) is 19.1. The number of nitrogens with one attached hydrogen (secondary N) is 1. The van der Waals surface area contributed by atoms with Gasteiger partial charge in [0.1, 0.15) is 0 Å². The van der Waals surface area contributed by atoms with Gasteiger partial charge in [-0.15, -0.1) is 0 Å². The van der Waals surface area contributed by atoms with E-state index in [1.54, 1.807) is 7.05 Å². The van der Waals surface area contributed by atoms with Crippen molar-refractivity contribution >= 4 is 17.9 Å². The molecule has 2 rings (SSSR count). The first-order valence-electron chi connectivity index (χ1n) is 6.68. The molecule has 0 saturated carbocycles. The lowest BCUT2D eigenvalue weighted by atomic mass is 9.96. The molecule has 0 aromatic heterocycles. The zero-order valence-corrected chi connectivity index (χ0v) is 11.5. The van der Waals surface area contributed by atoms with Gasteiger partial charge in [-0.2, -0.15) is 0 Å². The molecule has 0 bridgehead atoms. The minimum Gasteiger partial charge on any atom is -0.370 e. The van der Waals surface area contributed by atoms with Gasteiger partial charge in [-0.1, -0.05) is 11.6 Å². The fraction of sp³-hybridized carbons (Fsp3) is 0.467. The largest absolute Gasteiger partial charge is 0.370 e. The number of nitrogens with zero attached hydrogens (tertiary/aromatic N) is 1. The predicted molar refractivity (Wildman–Crippen MR) is 75.6 cm³/mol. The average Bonchev–Trinajstić information content (AvgIpc) is 2.46. The Labute approximate surface area is 113 Å². The van der Waals surface area contributed by atoms with E-state index in [1.165, 1.54) is 0 Å². The van der Waals surface area contributed by atoms with Crippen molar-refractivity contribution < 1.29 is 9.59 Å². The minimum absolute atomic E-state index is 0.0135. The molecule has 1 aliphatic heterocycles. The number of piperidine rings is 1. The summed E-state index contributed by atoms with van der Waals surface area (Å²) in [5.74, 6) is 0.101. The molecule has 4 heteroatoms. The molecule has 1 unspecified atom stereocenters. The van der Waals surface area contributed by atoms with Crippen molar-refractivity contribution in [2.45, 2.75) is 19.8 Å². The van der Waals surface area contributed by atoms with Crippen molar-refractivity contribution in [2.75, 3.05) is 25.0 Å². The third-order valence-electron chi connectivity index (χ3n) is 3.69. The summed E-state index contributed by atoms with van der Waals surface area (Å²) in [6, 6.07) is 5.88. The van der Waals surface area contributed by atoms with Crippen molar-refractivity contribution in [3.63, 3.8) is 0 Å². The van der Waals surface area contributed by atoms with Crippen LogP contribution in [0.3, 0.4) is 0 Å². The number of rotatable bonds is 3. The maximum atomic E-state index is 11.7. The molecule has 1 fully saturated rings. The highest BCUT2D eigenvalue weighted by Crippen LogP contribution is 2.26. The van der Waals surface area contributed by atoms with Gasteiger partial charge in [0.15, 0.2) is 6.29 Å². The van der Waals surface area contributed by atoms with Crippen LogP contribution in [0, 0.1) is 12.8 Å². The highest BCUT2D eigenvalue weighted by Gasteiger charge is 2.26. The monoisotopic (exact) mass is 260 g/mol. The Morgan fingerprint density at radius 1 is 1.47 bits per heavy atom. The summed E-state index contributed by atoms with van der Waals surface area (Å²) < 4.78 is 0. The van der Waals surface area contributed by atoms with Crippen LogP contribution in [0.4, 0.5) is 5.69 Å². The van der Waals surface area contributed by atoms with Crippen LogP contribution >= 0.6 is 0 Å². The summed E-state index contributed by atoms with van der Waals surface area (Å²) in [7, 11) is 1.67. The molecule has 0 aliphatic carbocycles. The third-order valence-corrected chi connectivity index (χ3v) is 3.69. The Bertz CT molecular complexity index is 485. The predicted octanol–water partition coefficient (Wildman–Crippen LogP) is 1.77. The van der Waals surface area contributed by atoms with Crippen LogP contribution in [0.2, 0.25) is 0 Å². The second-order valence-electron chi connectivity index (χ2n) is 5.08. The Balaban J connectivity index is 2.21. The summed E-state index contributed by atoms with van der Waals surface area (Å²) in [6.45, 7) is 3.56. The second kappa shape index (κ2) is 5.87. The molecule has 0 radical (unpaired) electrons. The van der Waals surface area contributed by atoms with Crippen molar-refractivity contribution in [1.29, 1.82) is 0 Å². The van der Waals surface area contributed by atoms with Crippen molar-refractivity contribution in [1.82, 2.24) is 5.32 Å². The maximum absolute atomic E-state index is 11.7. The summed E-state index contributed by atoms with van der Waals surface area (Å²) in [4.78, 5) is 25.1. The van der Waals surface area contributed by atoms with Crippen LogP contribution in [-0.4, -0.2) is 32.3 Å². The smallest absolute Gasteiger partial charge is 0.224 e. The molecule has 1 aromatic carbocycles. The number of aryl methyl sites for hydroxylation is 1. The first-order valence-corrected chi connectivity index (χ1v) is 6.68. The molecule has 19 heavy (non-hydrogen) atoms. The summed E-state index contributed by atoms with van der Waals surface area (Å²) in [5, 5.41) is 2.71. The topological polar surface area (TPSA) is 49.4 Å².